The highest BCUT2D eigenvalue weighted by atomic mass is 32.1. The summed E-state index contributed by atoms with van der Waals surface area (Å²) in [5, 5.41) is 2.71. The van der Waals surface area contributed by atoms with Crippen LogP contribution in [0.2, 0.25) is 0 Å². The minimum atomic E-state index is -2.99. The quantitative estimate of drug-likeness (QED) is 0.146. The van der Waals surface area contributed by atoms with Crippen LogP contribution in [0, 0.1) is 0 Å². The Morgan fingerprint density at radius 3 is 2.39 bits per heavy atom. The number of rotatable bonds is 13. The van der Waals surface area contributed by atoms with E-state index in [1.165, 1.54) is 18.2 Å². The van der Waals surface area contributed by atoms with Crippen molar-refractivity contribution in [1.29, 1.82) is 0 Å². The molecule has 3 rings (SSSR count). The molecule has 0 aliphatic rings. The van der Waals surface area contributed by atoms with Gasteiger partial charge in [0.15, 0.2) is 0 Å². The Balaban J connectivity index is 1.69. The number of amides is 1. The zero-order valence-electron chi connectivity index (χ0n) is 20.0. The van der Waals surface area contributed by atoms with E-state index in [1.54, 1.807) is 36.4 Å². The molecule has 1 N–H and O–H groups in total. The number of benzene rings is 3. The number of thiol groups is 1. The van der Waals surface area contributed by atoms with Crippen molar-refractivity contribution < 1.29 is 27.8 Å². The lowest BCUT2D eigenvalue weighted by Crippen LogP contribution is -2.08. The van der Waals surface area contributed by atoms with Crippen molar-refractivity contribution in [2.24, 2.45) is 0 Å². The Morgan fingerprint density at radius 1 is 0.972 bits per heavy atom. The van der Waals surface area contributed by atoms with Gasteiger partial charge in [-0.15, -0.1) is 12.6 Å². The maximum absolute atomic E-state index is 12.9. The van der Waals surface area contributed by atoms with Crippen LogP contribution in [0.5, 0.6) is 11.5 Å². The van der Waals surface area contributed by atoms with Crippen LogP contribution in [0.1, 0.15) is 25.3 Å². The fourth-order valence-corrected chi connectivity index (χ4v) is 3.42. The summed E-state index contributed by atoms with van der Waals surface area (Å²) in [5.41, 5.74) is 2.57. The fraction of sp³-hybridized carbons (Fsp3) is 0.250. The van der Waals surface area contributed by atoms with E-state index in [0.717, 1.165) is 35.5 Å². The average Bonchev–Trinajstić information content (AvgIpc) is 2.87. The van der Waals surface area contributed by atoms with E-state index < -0.39 is 12.5 Å². The van der Waals surface area contributed by atoms with E-state index in [1.807, 2.05) is 24.3 Å². The Bertz CT molecular complexity index is 1140. The van der Waals surface area contributed by atoms with Gasteiger partial charge in [-0.05, 0) is 72.2 Å². The van der Waals surface area contributed by atoms with E-state index in [-0.39, 0.29) is 5.75 Å². The molecule has 0 unspecified atom stereocenters. The molecule has 8 heteroatoms. The van der Waals surface area contributed by atoms with Gasteiger partial charge in [-0.25, -0.2) is 0 Å². The number of nitrogens with one attached hydrogen (secondary N) is 1. The molecule has 3 aromatic rings. The summed E-state index contributed by atoms with van der Waals surface area (Å²) in [6.07, 6.45) is 4.83. The lowest BCUT2D eigenvalue weighted by molar-refractivity contribution is -0.111. The number of halogens is 2. The topological polar surface area (TPSA) is 56.8 Å². The SMILES string of the molecule is CCCCOCCOc1ccc(-c2ccc(OC(F)F)c(/C=C/C(=O)Nc3ccc(S)cc3)c2)cc1. The molecule has 0 atom stereocenters. The number of alkyl halides is 2. The summed E-state index contributed by atoms with van der Waals surface area (Å²) in [5.74, 6) is 0.272. The summed E-state index contributed by atoms with van der Waals surface area (Å²) in [6, 6.07) is 19.2. The highest BCUT2D eigenvalue weighted by molar-refractivity contribution is 7.80. The van der Waals surface area contributed by atoms with E-state index in [4.69, 9.17) is 9.47 Å². The molecule has 0 fully saturated rings. The summed E-state index contributed by atoms with van der Waals surface area (Å²) >= 11 is 4.21. The molecule has 0 radical (unpaired) electrons. The van der Waals surface area contributed by atoms with Gasteiger partial charge < -0.3 is 19.5 Å². The molecule has 0 bridgehead atoms. The lowest BCUT2D eigenvalue weighted by Gasteiger charge is -2.11. The lowest BCUT2D eigenvalue weighted by atomic mass is 10.0. The first-order valence-corrected chi connectivity index (χ1v) is 12.1. The molecule has 0 aliphatic heterocycles. The first-order valence-electron chi connectivity index (χ1n) is 11.6. The monoisotopic (exact) mass is 513 g/mol. The van der Waals surface area contributed by atoms with Gasteiger partial charge in [0.2, 0.25) is 5.91 Å². The number of carbonyl (C=O) groups is 1. The Hall–Kier alpha value is -3.36. The number of hydrogen-bond acceptors (Lipinski definition) is 5. The van der Waals surface area contributed by atoms with Gasteiger partial charge in [-0.1, -0.05) is 31.5 Å². The van der Waals surface area contributed by atoms with Crippen molar-refractivity contribution in [2.45, 2.75) is 31.3 Å². The molecule has 0 aromatic heterocycles. The highest BCUT2D eigenvalue weighted by Crippen LogP contribution is 2.30. The molecular weight excluding hydrogens is 484 g/mol. The molecule has 36 heavy (non-hydrogen) atoms. The van der Waals surface area contributed by atoms with Crippen molar-refractivity contribution >= 4 is 30.3 Å². The second-order valence-corrected chi connectivity index (χ2v) is 8.36. The van der Waals surface area contributed by atoms with Crippen LogP contribution in [0.4, 0.5) is 14.5 Å². The molecule has 0 spiro atoms. The van der Waals surface area contributed by atoms with E-state index in [9.17, 15) is 13.6 Å². The van der Waals surface area contributed by atoms with E-state index >= 15 is 0 Å². The third-order valence-corrected chi connectivity index (χ3v) is 5.40. The predicted octanol–water partition coefficient (Wildman–Crippen LogP) is 7.09. The average molecular weight is 514 g/mol. The van der Waals surface area contributed by atoms with Crippen LogP contribution in [-0.4, -0.2) is 32.3 Å². The number of ether oxygens (including phenoxy) is 3. The summed E-state index contributed by atoms with van der Waals surface area (Å²) in [7, 11) is 0. The molecule has 0 saturated heterocycles. The highest BCUT2D eigenvalue weighted by Gasteiger charge is 2.11. The van der Waals surface area contributed by atoms with Crippen LogP contribution in [0.15, 0.2) is 77.7 Å². The molecule has 0 saturated carbocycles. The van der Waals surface area contributed by atoms with Crippen LogP contribution in [0.3, 0.4) is 0 Å². The van der Waals surface area contributed by atoms with Gasteiger partial charge >= 0.3 is 6.61 Å². The summed E-state index contributed by atoms with van der Waals surface area (Å²) in [4.78, 5) is 13.1. The maximum Gasteiger partial charge on any atom is 0.387 e. The molecule has 190 valence electrons. The van der Waals surface area contributed by atoms with Crippen molar-refractivity contribution in [2.75, 3.05) is 25.1 Å². The maximum atomic E-state index is 12.9. The van der Waals surface area contributed by atoms with Crippen molar-refractivity contribution in [1.82, 2.24) is 0 Å². The Morgan fingerprint density at radius 2 is 1.69 bits per heavy atom. The van der Waals surface area contributed by atoms with Gasteiger partial charge in [-0.3, -0.25) is 4.79 Å². The minimum absolute atomic E-state index is 0.0275. The van der Waals surface area contributed by atoms with Gasteiger partial charge in [0, 0.05) is 28.8 Å². The van der Waals surface area contributed by atoms with Crippen molar-refractivity contribution in [3.63, 3.8) is 0 Å². The Labute approximate surface area is 215 Å². The molecular formula is C28H29F2NO4S. The van der Waals surface area contributed by atoms with Crippen molar-refractivity contribution in [3.05, 3.63) is 78.4 Å². The van der Waals surface area contributed by atoms with Gasteiger partial charge in [0.05, 0.1) is 6.61 Å². The second-order valence-electron chi connectivity index (χ2n) is 7.84. The third kappa shape index (κ3) is 9.02. The van der Waals surface area contributed by atoms with Crippen LogP contribution in [0.25, 0.3) is 17.2 Å². The Kier molecular flexibility index (Phi) is 10.8. The third-order valence-electron chi connectivity index (χ3n) is 5.10. The summed E-state index contributed by atoms with van der Waals surface area (Å²) < 4.78 is 41.7. The standard InChI is InChI=1S/C28H29F2NO4S/c1-2-3-16-33-17-18-34-24-10-4-20(5-11-24)21-6-14-26(35-28(29)30)22(19-21)7-15-27(32)31-23-8-12-25(36)13-9-23/h4-15,19,28,36H,2-3,16-18H2,1H3,(H,31,32)/b15-7+. The number of carbonyl (C=O) groups excluding carboxylic acids is 1. The van der Waals surface area contributed by atoms with E-state index in [0.29, 0.717) is 30.2 Å². The van der Waals surface area contributed by atoms with E-state index in [2.05, 4.69) is 29.6 Å². The van der Waals surface area contributed by atoms with Gasteiger partial charge in [0.1, 0.15) is 18.1 Å². The van der Waals surface area contributed by atoms with Crippen molar-refractivity contribution in [3.8, 4) is 22.6 Å². The summed E-state index contributed by atoms with van der Waals surface area (Å²) in [6.45, 7) is 0.835. The smallest absolute Gasteiger partial charge is 0.387 e. The molecule has 0 aliphatic carbocycles. The number of unbranched alkanes of at least 4 members (excludes halogenated alkanes) is 1. The number of hydrogen-bond donors (Lipinski definition) is 2. The van der Waals surface area contributed by atoms with Crippen LogP contribution in [-0.2, 0) is 9.53 Å². The van der Waals surface area contributed by atoms with Gasteiger partial charge in [0.25, 0.3) is 0 Å². The first-order chi connectivity index (χ1) is 17.4. The predicted molar refractivity (Wildman–Crippen MR) is 141 cm³/mol. The first kappa shape index (κ1) is 27.2. The number of anilines is 1. The molecule has 1 amide bonds. The molecule has 5 nitrogen and oxygen atoms in total. The largest absolute Gasteiger partial charge is 0.491 e. The minimum Gasteiger partial charge on any atom is -0.491 e. The molecule has 0 heterocycles. The van der Waals surface area contributed by atoms with Crippen LogP contribution >= 0.6 is 12.6 Å². The second kappa shape index (κ2) is 14.3. The zero-order valence-corrected chi connectivity index (χ0v) is 20.8. The molecule has 3 aromatic carbocycles. The zero-order chi connectivity index (χ0) is 25.8. The van der Waals surface area contributed by atoms with Gasteiger partial charge in [-0.2, -0.15) is 8.78 Å². The fourth-order valence-electron chi connectivity index (χ4n) is 3.27. The van der Waals surface area contributed by atoms with Crippen LogP contribution < -0.4 is 14.8 Å². The normalized spacial score (nSPS) is 11.1.